The Labute approximate surface area is 204 Å². The summed E-state index contributed by atoms with van der Waals surface area (Å²) in [7, 11) is -3.99. The number of hydrogen-bond acceptors (Lipinski definition) is 5. The summed E-state index contributed by atoms with van der Waals surface area (Å²) in [6.45, 7) is -0.00388. The van der Waals surface area contributed by atoms with Crippen LogP contribution in [0.25, 0.3) is 0 Å². The Morgan fingerprint density at radius 3 is 2.43 bits per heavy atom. The minimum absolute atomic E-state index is 0.00388. The van der Waals surface area contributed by atoms with Crippen molar-refractivity contribution in [2.24, 2.45) is 17.6 Å². The summed E-state index contributed by atoms with van der Waals surface area (Å²) in [4.78, 5) is 23.3. The third kappa shape index (κ3) is 5.01. The van der Waals surface area contributed by atoms with E-state index < -0.39 is 44.5 Å². The van der Waals surface area contributed by atoms with Crippen molar-refractivity contribution in [2.45, 2.75) is 29.4 Å². The van der Waals surface area contributed by atoms with Crippen LogP contribution in [0.15, 0.2) is 46.9 Å². The van der Waals surface area contributed by atoms with E-state index in [1.165, 1.54) is 12.1 Å². The topological polar surface area (TPSA) is 116 Å². The summed E-state index contributed by atoms with van der Waals surface area (Å²) in [6.07, 6.45) is 2.55. The fraction of sp³-hybridized carbons (Fsp3) is 0.304. The van der Waals surface area contributed by atoms with E-state index in [0.29, 0.717) is 31.4 Å². The summed E-state index contributed by atoms with van der Waals surface area (Å²) < 4.78 is 72.2. The molecule has 2 aliphatic carbocycles. The minimum atomic E-state index is -3.99. The molecule has 35 heavy (non-hydrogen) atoms. The predicted molar refractivity (Wildman–Crippen MR) is 121 cm³/mol. The van der Waals surface area contributed by atoms with Crippen LogP contribution in [-0.4, -0.2) is 32.3 Å². The van der Waals surface area contributed by atoms with Crippen molar-refractivity contribution in [1.82, 2.24) is 0 Å². The molecule has 0 radical (unpaired) electrons. The Hall–Kier alpha value is -3.05. The molecule has 4 rings (SSSR count). The molecule has 2 aromatic rings. The molecule has 0 aromatic heterocycles. The van der Waals surface area contributed by atoms with E-state index in [0.717, 1.165) is 11.6 Å². The van der Waals surface area contributed by atoms with Crippen molar-refractivity contribution in [1.29, 1.82) is 0 Å². The lowest BCUT2D eigenvalue weighted by atomic mass is 9.89. The van der Waals surface area contributed by atoms with E-state index in [1.54, 1.807) is 6.08 Å². The van der Waals surface area contributed by atoms with Gasteiger partial charge in [0.2, 0.25) is 0 Å². The molecule has 1 saturated carbocycles. The first-order chi connectivity index (χ1) is 16.5. The SMILES string of the molecule is NC(=O)OCC1=CC2CCC(C1)[C@@H]2S(=O)(=O)c1cc(C(=O)Nc2cc(F)c(F)c(F)c2)ccc1Cl. The average molecular weight is 529 g/mol. The molecule has 0 saturated heterocycles. The zero-order valence-electron chi connectivity index (χ0n) is 18.1. The Balaban J connectivity index is 1.60. The van der Waals surface area contributed by atoms with Crippen molar-refractivity contribution in [3.63, 3.8) is 0 Å². The second kappa shape index (κ2) is 9.54. The van der Waals surface area contributed by atoms with Crippen molar-refractivity contribution in [3.8, 4) is 0 Å². The monoisotopic (exact) mass is 528 g/mol. The van der Waals surface area contributed by atoms with Gasteiger partial charge >= 0.3 is 6.09 Å². The number of sulfone groups is 1. The van der Waals surface area contributed by atoms with Crippen LogP contribution < -0.4 is 11.1 Å². The molecule has 0 heterocycles. The normalized spacial score (nSPS) is 21.4. The van der Waals surface area contributed by atoms with Crippen LogP contribution in [-0.2, 0) is 14.6 Å². The van der Waals surface area contributed by atoms with Crippen molar-refractivity contribution >= 4 is 39.1 Å². The van der Waals surface area contributed by atoms with Gasteiger partial charge in [-0.2, -0.15) is 0 Å². The summed E-state index contributed by atoms with van der Waals surface area (Å²) in [6, 6.07) is 4.84. The summed E-state index contributed by atoms with van der Waals surface area (Å²) in [5, 5.41) is 1.36. The molecule has 0 spiro atoms. The number of carbonyl (C=O) groups excluding carboxylic acids is 2. The fourth-order valence-corrected chi connectivity index (χ4v) is 7.56. The number of ether oxygens (including phenoxy) is 1. The van der Waals surface area contributed by atoms with Crippen LogP contribution in [0.1, 0.15) is 29.6 Å². The zero-order valence-corrected chi connectivity index (χ0v) is 19.6. The molecule has 7 nitrogen and oxygen atoms in total. The van der Waals surface area contributed by atoms with Gasteiger partial charge in [-0.25, -0.2) is 26.4 Å². The third-order valence-corrected chi connectivity index (χ3v) is 9.07. The van der Waals surface area contributed by atoms with Gasteiger partial charge in [0, 0.05) is 23.4 Å². The van der Waals surface area contributed by atoms with Crippen LogP contribution in [0.4, 0.5) is 23.7 Å². The van der Waals surface area contributed by atoms with Gasteiger partial charge in [-0.05, 0) is 54.9 Å². The first-order valence-electron chi connectivity index (χ1n) is 10.6. The smallest absolute Gasteiger partial charge is 0.404 e. The molecule has 12 heteroatoms. The molecule has 3 N–H and O–H groups in total. The number of amides is 2. The number of halogens is 4. The lowest BCUT2D eigenvalue weighted by molar-refractivity contribution is 0.102. The Morgan fingerprint density at radius 1 is 1.11 bits per heavy atom. The fourth-order valence-electron chi connectivity index (χ4n) is 4.78. The van der Waals surface area contributed by atoms with E-state index in [1.807, 2.05) is 0 Å². The van der Waals surface area contributed by atoms with Gasteiger partial charge in [-0.1, -0.05) is 17.7 Å². The number of allylic oxidation sites excluding steroid dienone is 1. The molecule has 2 unspecified atom stereocenters. The highest BCUT2D eigenvalue weighted by Crippen LogP contribution is 2.47. The Morgan fingerprint density at radius 2 is 1.80 bits per heavy atom. The number of primary amides is 1. The van der Waals surface area contributed by atoms with Gasteiger partial charge in [0.15, 0.2) is 27.3 Å². The van der Waals surface area contributed by atoms with Gasteiger partial charge < -0.3 is 15.8 Å². The highest BCUT2D eigenvalue weighted by molar-refractivity contribution is 7.92. The number of nitrogens with one attached hydrogen (secondary N) is 1. The highest BCUT2D eigenvalue weighted by Gasteiger charge is 2.47. The second-order valence-electron chi connectivity index (χ2n) is 8.50. The van der Waals surface area contributed by atoms with Gasteiger partial charge in [-0.3, -0.25) is 4.79 Å². The molecule has 0 aliphatic heterocycles. The predicted octanol–water partition coefficient (Wildman–Crippen LogP) is 4.60. The molecule has 2 aromatic carbocycles. The van der Waals surface area contributed by atoms with E-state index in [-0.39, 0.29) is 39.6 Å². The summed E-state index contributed by atoms with van der Waals surface area (Å²) in [5.74, 6) is -6.07. The molecule has 186 valence electrons. The first kappa shape index (κ1) is 25.1. The van der Waals surface area contributed by atoms with Crippen LogP contribution >= 0.6 is 11.6 Å². The number of nitrogens with two attached hydrogens (primary N) is 1. The van der Waals surface area contributed by atoms with Crippen LogP contribution in [0.2, 0.25) is 5.02 Å². The highest BCUT2D eigenvalue weighted by atomic mass is 35.5. The lowest BCUT2D eigenvalue weighted by Crippen LogP contribution is -2.34. The number of rotatable bonds is 6. The van der Waals surface area contributed by atoms with Gasteiger partial charge in [-0.15, -0.1) is 0 Å². The maximum atomic E-state index is 13.6. The number of hydrogen-bond donors (Lipinski definition) is 2. The molecule has 1 fully saturated rings. The van der Waals surface area contributed by atoms with Crippen LogP contribution in [0.3, 0.4) is 0 Å². The Bertz CT molecular complexity index is 1330. The van der Waals surface area contributed by atoms with Crippen LogP contribution in [0, 0.1) is 29.3 Å². The molecule has 3 atom stereocenters. The molecule has 2 bridgehead atoms. The molecule has 2 aliphatic rings. The largest absolute Gasteiger partial charge is 0.445 e. The van der Waals surface area contributed by atoms with E-state index >= 15 is 0 Å². The number of carbonyl (C=O) groups is 2. The first-order valence-corrected chi connectivity index (χ1v) is 12.5. The minimum Gasteiger partial charge on any atom is -0.445 e. The number of benzene rings is 2. The van der Waals surface area contributed by atoms with Gasteiger partial charge in [0.25, 0.3) is 5.91 Å². The van der Waals surface area contributed by atoms with Gasteiger partial charge in [0.05, 0.1) is 15.2 Å². The standard InChI is InChI=1S/C23H20ClF3N2O5S/c24-16-4-3-14(22(30)29-15-8-17(25)20(27)18(26)9-15)7-19(16)35(32,33)21-12-1-2-13(21)6-11(5-12)10-34-23(28)31/h3-5,7-9,12-13,21H,1-2,6,10H2,(H2,28,31)(H,29,30)/t12?,13?,21-/m1/s1. The lowest BCUT2D eigenvalue weighted by Gasteiger charge is -2.29. The third-order valence-electron chi connectivity index (χ3n) is 6.23. The maximum Gasteiger partial charge on any atom is 0.404 e. The van der Waals surface area contributed by atoms with E-state index in [2.05, 4.69) is 5.32 Å². The van der Waals surface area contributed by atoms with Crippen molar-refractivity contribution in [2.75, 3.05) is 11.9 Å². The molecule has 2 amide bonds. The van der Waals surface area contributed by atoms with Gasteiger partial charge in [0.1, 0.15) is 6.61 Å². The van der Waals surface area contributed by atoms with E-state index in [9.17, 15) is 31.2 Å². The quantitative estimate of drug-likeness (QED) is 0.420. The Kier molecular flexibility index (Phi) is 6.83. The van der Waals surface area contributed by atoms with Crippen molar-refractivity contribution < 1.29 is 35.9 Å². The molecular weight excluding hydrogens is 509 g/mol. The van der Waals surface area contributed by atoms with Crippen molar-refractivity contribution in [3.05, 3.63) is 70.0 Å². The van der Waals surface area contributed by atoms with Crippen LogP contribution in [0.5, 0.6) is 0 Å². The second-order valence-corrected chi connectivity index (χ2v) is 11.0. The summed E-state index contributed by atoms with van der Waals surface area (Å²) in [5.41, 5.74) is 5.34. The number of fused-ring (bicyclic) bond motifs is 2. The summed E-state index contributed by atoms with van der Waals surface area (Å²) >= 11 is 6.21. The average Bonchev–Trinajstić information content (AvgIpc) is 3.07. The van der Waals surface area contributed by atoms with E-state index in [4.69, 9.17) is 22.1 Å². The maximum absolute atomic E-state index is 13.6. The molecular formula is C23H20ClF3N2O5S. The number of anilines is 1. The zero-order chi connectivity index (χ0) is 25.5.